The lowest BCUT2D eigenvalue weighted by Gasteiger charge is -2.10. The average Bonchev–Trinajstić information content (AvgIpc) is 3.03. The van der Waals surface area contributed by atoms with Gasteiger partial charge in [-0.05, 0) is 42.7 Å². The molecular weight excluding hydrogens is 337 g/mol. The van der Waals surface area contributed by atoms with E-state index < -0.39 is 4.92 Å². The predicted molar refractivity (Wildman–Crippen MR) is 96.8 cm³/mol. The van der Waals surface area contributed by atoms with Crippen LogP contribution in [0.4, 0.5) is 15.8 Å². The van der Waals surface area contributed by atoms with E-state index in [4.69, 9.17) is 5.73 Å². The Morgan fingerprint density at radius 1 is 1.31 bits per heavy atom. The molecular formula is C18H18FN5O2. The Kier molecular flexibility index (Phi) is 4.66. The largest absolute Gasteiger partial charge is 0.393 e. The van der Waals surface area contributed by atoms with E-state index in [1.807, 2.05) is 13.8 Å². The molecule has 8 heteroatoms. The Morgan fingerprint density at radius 3 is 2.62 bits per heavy atom. The summed E-state index contributed by atoms with van der Waals surface area (Å²) in [6, 6.07) is 7.38. The topological polar surface area (TPSA) is 111 Å². The number of nitrogens with two attached hydrogens (primary N) is 1. The standard InChI is InChI=1S/C18H18FN5O2/c1-10(2)7-16-18(24(25)26)14(20)8-15(22-16)13-9-21-23-17(13)11-3-5-12(19)6-4-11/h3-6,8-10H,7H2,1-2H3,(H2,20,22)(H,21,23). The normalized spacial score (nSPS) is 11.1. The SMILES string of the molecule is CC(C)Cc1nc(-c2c[nH]nc2-c2ccc(F)cc2)cc(N)c1[N+](=O)[O-]. The van der Waals surface area contributed by atoms with Crippen molar-refractivity contribution >= 4 is 11.4 Å². The summed E-state index contributed by atoms with van der Waals surface area (Å²) in [7, 11) is 0. The highest BCUT2D eigenvalue weighted by molar-refractivity contribution is 5.81. The summed E-state index contributed by atoms with van der Waals surface area (Å²) in [4.78, 5) is 15.4. The van der Waals surface area contributed by atoms with Gasteiger partial charge in [0.1, 0.15) is 22.9 Å². The fraction of sp³-hybridized carbons (Fsp3) is 0.222. The zero-order chi connectivity index (χ0) is 18.8. The molecule has 0 aliphatic carbocycles. The van der Waals surface area contributed by atoms with E-state index in [1.165, 1.54) is 18.2 Å². The van der Waals surface area contributed by atoms with Crippen LogP contribution in [-0.4, -0.2) is 20.1 Å². The Hall–Kier alpha value is -3.29. The average molecular weight is 355 g/mol. The molecule has 0 saturated carbocycles. The Bertz CT molecular complexity index is 951. The number of nitrogens with zero attached hydrogens (tertiary/aromatic N) is 3. The van der Waals surface area contributed by atoms with Crippen molar-refractivity contribution in [2.75, 3.05) is 5.73 Å². The summed E-state index contributed by atoms with van der Waals surface area (Å²) in [5.41, 5.74) is 8.59. The second kappa shape index (κ2) is 6.91. The molecule has 3 N–H and O–H groups in total. The second-order valence-corrected chi connectivity index (χ2v) is 6.40. The van der Waals surface area contributed by atoms with Crippen LogP contribution < -0.4 is 5.73 Å². The van der Waals surface area contributed by atoms with Crippen LogP contribution in [0, 0.1) is 21.8 Å². The molecule has 2 heterocycles. The predicted octanol–water partition coefficient (Wildman–Crippen LogP) is 3.97. The second-order valence-electron chi connectivity index (χ2n) is 6.40. The van der Waals surface area contributed by atoms with Crippen molar-refractivity contribution in [3.8, 4) is 22.5 Å². The molecule has 0 aliphatic rings. The van der Waals surface area contributed by atoms with Crippen molar-refractivity contribution < 1.29 is 9.31 Å². The first-order valence-corrected chi connectivity index (χ1v) is 8.10. The number of hydrogen-bond acceptors (Lipinski definition) is 5. The summed E-state index contributed by atoms with van der Waals surface area (Å²) in [5, 5.41) is 18.4. The van der Waals surface area contributed by atoms with Crippen LogP contribution in [0.15, 0.2) is 36.5 Å². The molecule has 134 valence electrons. The Labute approximate surface area is 149 Å². The summed E-state index contributed by atoms with van der Waals surface area (Å²) >= 11 is 0. The molecule has 0 amide bonds. The molecule has 26 heavy (non-hydrogen) atoms. The fourth-order valence-corrected chi connectivity index (χ4v) is 2.80. The third kappa shape index (κ3) is 3.39. The van der Waals surface area contributed by atoms with Crippen LogP contribution in [0.1, 0.15) is 19.5 Å². The van der Waals surface area contributed by atoms with Crippen LogP contribution >= 0.6 is 0 Å². The molecule has 7 nitrogen and oxygen atoms in total. The van der Waals surface area contributed by atoms with Gasteiger partial charge < -0.3 is 5.73 Å². The highest BCUT2D eigenvalue weighted by Gasteiger charge is 2.23. The zero-order valence-corrected chi connectivity index (χ0v) is 14.4. The molecule has 0 fully saturated rings. The monoisotopic (exact) mass is 355 g/mol. The maximum atomic E-state index is 13.2. The number of hydrogen-bond donors (Lipinski definition) is 2. The van der Waals surface area contributed by atoms with Gasteiger partial charge in [-0.2, -0.15) is 5.10 Å². The lowest BCUT2D eigenvalue weighted by Crippen LogP contribution is -2.07. The minimum absolute atomic E-state index is 0.0573. The number of pyridine rings is 1. The van der Waals surface area contributed by atoms with Crippen molar-refractivity contribution in [2.45, 2.75) is 20.3 Å². The van der Waals surface area contributed by atoms with E-state index in [0.29, 0.717) is 34.6 Å². The number of H-pyrrole nitrogens is 1. The molecule has 0 aliphatic heterocycles. The van der Waals surface area contributed by atoms with E-state index in [9.17, 15) is 14.5 Å². The summed E-state index contributed by atoms with van der Waals surface area (Å²) in [6.45, 7) is 3.91. The van der Waals surface area contributed by atoms with Crippen LogP contribution in [0.5, 0.6) is 0 Å². The lowest BCUT2D eigenvalue weighted by molar-refractivity contribution is -0.385. The quantitative estimate of drug-likeness (QED) is 0.531. The van der Waals surface area contributed by atoms with Crippen molar-refractivity contribution in [3.05, 3.63) is 58.2 Å². The summed E-state index contributed by atoms with van der Waals surface area (Å²) < 4.78 is 13.2. The van der Waals surface area contributed by atoms with Gasteiger partial charge in [0.2, 0.25) is 0 Å². The highest BCUT2D eigenvalue weighted by Crippen LogP contribution is 2.35. The fourth-order valence-electron chi connectivity index (χ4n) is 2.80. The van der Waals surface area contributed by atoms with Crippen LogP contribution in [0.2, 0.25) is 0 Å². The van der Waals surface area contributed by atoms with Gasteiger partial charge in [-0.3, -0.25) is 15.2 Å². The van der Waals surface area contributed by atoms with Gasteiger partial charge in [0, 0.05) is 17.3 Å². The maximum absolute atomic E-state index is 13.2. The lowest BCUT2D eigenvalue weighted by atomic mass is 10.0. The summed E-state index contributed by atoms with van der Waals surface area (Å²) in [5.74, 6) is -0.167. The molecule has 0 radical (unpaired) electrons. The van der Waals surface area contributed by atoms with E-state index in [2.05, 4.69) is 15.2 Å². The number of nitrogen functional groups attached to an aromatic ring is 1. The molecule has 0 spiro atoms. The first-order valence-electron chi connectivity index (χ1n) is 8.10. The number of aromatic nitrogens is 3. The van der Waals surface area contributed by atoms with Crippen LogP contribution in [0.3, 0.4) is 0 Å². The third-order valence-electron chi connectivity index (χ3n) is 3.91. The van der Waals surface area contributed by atoms with Crippen molar-refractivity contribution in [2.24, 2.45) is 5.92 Å². The van der Waals surface area contributed by atoms with Crippen molar-refractivity contribution in [3.63, 3.8) is 0 Å². The van der Waals surface area contributed by atoms with E-state index in [-0.39, 0.29) is 23.1 Å². The first kappa shape index (κ1) is 17.5. The van der Waals surface area contributed by atoms with Gasteiger partial charge in [-0.15, -0.1) is 0 Å². The molecule has 0 saturated heterocycles. The van der Waals surface area contributed by atoms with Crippen LogP contribution in [-0.2, 0) is 6.42 Å². The molecule has 3 aromatic rings. The number of rotatable bonds is 5. The van der Waals surface area contributed by atoms with Gasteiger partial charge >= 0.3 is 5.69 Å². The zero-order valence-electron chi connectivity index (χ0n) is 14.4. The van der Waals surface area contributed by atoms with Gasteiger partial charge in [-0.1, -0.05) is 13.8 Å². The Morgan fingerprint density at radius 2 is 2.00 bits per heavy atom. The Balaban J connectivity index is 2.14. The minimum atomic E-state index is -0.500. The van der Waals surface area contributed by atoms with E-state index in [1.54, 1.807) is 18.3 Å². The molecule has 0 unspecified atom stereocenters. The summed E-state index contributed by atoms with van der Waals surface area (Å²) in [6.07, 6.45) is 2.07. The van der Waals surface area contributed by atoms with Crippen LogP contribution in [0.25, 0.3) is 22.5 Å². The number of benzene rings is 1. The third-order valence-corrected chi connectivity index (χ3v) is 3.91. The van der Waals surface area contributed by atoms with Gasteiger partial charge in [0.05, 0.1) is 10.6 Å². The maximum Gasteiger partial charge on any atom is 0.313 e. The van der Waals surface area contributed by atoms with E-state index in [0.717, 1.165) is 0 Å². The minimum Gasteiger partial charge on any atom is -0.393 e. The number of anilines is 1. The number of nitro groups is 1. The molecule has 2 aromatic heterocycles. The van der Waals surface area contributed by atoms with Gasteiger partial charge in [-0.25, -0.2) is 9.37 Å². The highest BCUT2D eigenvalue weighted by atomic mass is 19.1. The number of nitrogens with one attached hydrogen (secondary N) is 1. The van der Waals surface area contributed by atoms with Crippen molar-refractivity contribution in [1.29, 1.82) is 0 Å². The molecule has 0 bridgehead atoms. The van der Waals surface area contributed by atoms with E-state index >= 15 is 0 Å². The first-order chi connectivity index (χ1) is 12.4. The molecule has 0 atom stereocenters. The molecule has 1 aromatic carbocycles. The van der Waals surface area contributed by atoms with Gasteiger partial charge in [0.15, 0.2) is 0 Å². The molecule has 3 rings (SSSR count). The number of halogens is 1. The van der Waals surface area contributed by atoms with Crippen molar-refractivity contribution in [1.82, 2.24) is 15.2 Å². The number of aromatic amines is 1. The smallest absolute Gasteiger partial charge is 0.313 e. The van der Waals surface area contributed by atoms with Gasteiger partial charge in [0.25, 0.3) is 0 Å².